The van der Waals surface area contributed by atoms with E-state index in [9.17, 15) is 14.4 Å². The van der Waals surface area contributed by atoms with Crippen molar-refractivity contribution in [1.82, 2.24) is 0 Å². The van der Waals surface area contributed by atoms with Gasteiger partial charge in [-0.25, -0.2) is 4.79 Å². The number of carbonyl (C=O) groups excluding carboxylic acids is 3. The van der Waals surface area contributed by atoms with E-state index in [-0.39, 0.29) is 11.8 Å². The molecule has 168 valence electrons. The molecule has 3 aromatic rings. The fourth-order valence-electron chi connectivity index (χ4n) is 3.42. The second-order valence-corrected chi connectivity index (χ2v) is 8.34. The van der Waals surface area contributed by atoms with Crippen molar-refractivity contribution >= 4 is 29.2 Å². The summed E-state index contributed by atoms with van der Waals surface area (Å²) in [6, 6.07) is 21.2. The van der Waals surface area contributed by atoms with Crippen LogP contribution >= 0.6 is 0 Å². The summed E-state index contributed by atoms with van der Waals surface area (Å²) in [5.74, 6) is -0.967. The number of amides is 2. The summed E-state index contributed by atoms with van der Waals surface area (Å²) in [5.41, 5.74) is 4.08. The zero-order valence-corrected chi connectivity index (χ0v) is 18.6. The first kappa shape index (κ1) is 22.3. The van der Waals surface area contributed by atoms with Crippen molar-refractivity contribution in [3.8, 4) is 0 Å². The number of carbonyl (C=O) groups is 3. The third-order valence-electron chi connectivity index (χ3n) is 5.55. The van der Waals surface area contributed by atoms with Crippen LogP contribution in [0.1, 0.15) is 46.0 Å². The molecule has 1 atom stereocenters. The molecule has 2 amide bonds. The fraction of sp³-hybridized carbons (Fsp3) is 0.222. The van der Waals surface area contributed by atoms with E-state index in [0.717, 1.165) is 24.0 Å². The SMILES string of the molecule is Cc1ccc(C)c(NC(=O)C(OC(=O)c2ccc(NC(=O)C3CC3)cc2)c2ccccc2)c1. The molecule has 1 saturated carbocycles. The van der Waals surface area contributed by atoms with Gasteiger partial charge in [-0.2, -0.15) is 0 Å². The van der Waals surface area contributed by atoms with Crippen LogP contribution in [0.5, 0.6) is 0 Å². The largest absolute Gasteiger partial charge is 0.444 e. The second kappa shape index (κ2) is 9.69. The molecule has 2 N–H and O–H groups in total. The summed E-state index contributed by atoms with van der Waals surface area (Å²) in [6.45, 7) is 3.85. The predicted octanol–water partition coefficient (Wildman–Crippen LogP) is 5.19. The van der Waals surface area contributed by atoms with Crippen LogP contribution in [0.3, 0.4) is 0 Å². The standard InChI is InChI=1S/C27H26N2O4/c1-17-8-9-18(2)23(16-17)29-26(31)24(19-6-4-3-5-7-19)33-27(32)21-12-14-22(15-13-21)28-25(30)20-10-11-20/h3-9,12-16,20,24H,10-11H2,1-2H3,(H,28,30)(H,29,31). The highest BCUT2D eigenvalue weighted by molar-refractivity contribution is 5.99. The zero-order chi connectivity index (χ0) is 23.4. The first-order chi connectivity index (χ1) is 15.9. The van der Waals surface area contributed by atoms with Crippen molar-refractivity contribution in [3.05, 3.63) is 95.1 Å². The fourth-order valence-corrected chi connectivity index (χ4v) is 3.42. The van der Waals surface area contributed by atoms with Crippen LogP contribution in [-0.4, -0.2) is 17.8 Å². The molecule has 33 heavy (non-hydrogen) atoms. The van der Waals surface area contributed by atoms with Crippen LogP contribution in [0.4, 0.5) is 11.4 Å². The first-order valence-corrected chi connectivity index (χ1v) is 11.0. The molecule has 1 aliphatic carbocycles. The molecule has 4 rings (SSSR count). The van der Waals surface area contributed by atoms with Gasteiger partial charge in [0.25, 0.3) is 5.91 Å². The number of nitrogens with one attached hydrogen (secondary N) is 2. The Morgan fingerprint density at radius 2 is 1.58 bits per heavy atom. The van der Waals surface area contributed by atoms with Crippen molar-refractivity contribution in [3.63, 3.8) is 0 Å². The average molecular weight is 443 g/mol. The highest BCUT2D eigenvalue weighted by atomic mass is 16.5. The van der Waals surface area contributed by atoms with Gasteiger partial charge in [0, 0.05) is 22.9 Å². The minimum atomic E-state index is -1.12. The van der Waals surface area contributed by atoms with E-state index in [2.05, 4.69) is 10.6 Å². The molecule has 1 fully saturated rings. The van der Waals surface area contributed by atoms with Gasteiger partial charge in [0.05, 0.1) is 5.56 Å². The third kappa shape index (κ3) is 5.66. The number of hydrogen-bond donors (Lipinski definition) is 2. The summed E-state index contributed by atoms with van der Waals surface area (Å²) < 4.78 is 5.66. The summed E-state index contributed by atoms with van der Waals surface area (Å²) in [4.78, 5) is 37.9. The van der Waals surface area contributed by atoms with E-state index in [1.807, 2.05) is 38.1 Å². The van der Waals surface area contributed by atoms with E-state index < -0.39 is 18.0 Å². The van der Waals surface area contributed by atoms with Crippen molar-refractivity contribution in [2.24, 2.45) is 5.92 Å². The molecule has 0 saturated heterocycles. The third-order valence-corrected chi connectivity index (χ3v) is 5.55. The first-order valence-electron chi connectivity index (χ1n) is 11.0. The Morgan fingerprint density at radius 1 is 0.879 bits per heavy atom. The van der Waals surface area contributed by atoms with E-state index in [0.29, 0.717) is 22.5 Å². The van der Waals surface area contributed by atoms with Crippen molar-refractivity contribution in [2.75, 3.05) is 10.6 Å². The van der Waals surface area contributed by atoms with E-state index >= 15 is 0 Å². The molecule has 1 unspecified atom stereocenters. The maximum Gasteiger partial charge on any atom is 0.339 e. The number of anilines is 2. The van der Waals surface area contributed by atoms with Gasteiger partial charge in [0.15, 0.2) is 0 Å². The lowest BCUT2D eigenvalue weighted by molar-refractivity contribution is -0.125. The topological polar surface area (TPSA) is 84.5 Å². The number of esters is 1. The Bertz CT molecular complexity index is 1170. The number of hydrogen-bond acceptors (Lipinski definition) is 4. The van der Waals surface area contributed by atoms with Crippen molar-refractivity contribution in [1.29, 1.82) is 0 Å². The summed E-state index contributed by atoms with van der Waals surface area (Å²) in [6.07, 6.45) is 0.718. The second-order valence-electron chi connectivity index (χ2n) is 8.34. The van der Waals surface area contributed by atoms with Gasteiger partial charge in [0.1, 0.15) is 0 Å². The lowest BCUT2D eigenvalue weighted by Crippen LogP contribution is -2.26. The molecule has 0 bridgehead atoms. The number of aryl methyl sites for hydroxylation is 2. The van der Waals surface area contributed by atoms with Gasteiger partial charge in [-0.1, -0.05) is 42.5 Å². The molecule has 6 heteroatoms. The summed E-state index contributed by atoms with van der Waals surface area (Å²) in [7, 11) is 0. The quantitative estimate of drug-likeness (QED) is 0.493. The minimum Gasteiger partial charge on any atom is -0.444 e. The summed E-state index contributed by atoms with van der Waals surface area (Å²) in [5, 5.41) is 5.73. The number of benzene rings is 3. The maximum absolute atomic E-state index is 13.2. The molecule has 0 aromatic heterocycles. The van der Waals surface area contributed by atoms with Gasteiger partial charge >= 0.3 is 5.97 Å². The van der Waals surface area contributed by atoms with Crippen LogP contribution in [-0.2, 0) is 14.3 Å². The minimum absolute atomic E-state index is 0.00224. The Balaban J connectivity index is 1.50. The number of ether oxygens (including phenoxy) is 1. The summed E-state index contributed by atoms with van der Waals surface area (Å²) >= 11 is 0. The smallest absolute Gasteiger partial charge is 0.339 e. The molecule has 0 aliphatic heterocycles. The highest BCUT2D eigenvalue weighted by Crippen LogP contribution is 2.30. The molecule has 0 radical (unpaired) electrons. The van der Waals surface area contributed by atoms with E-state index in [1.165, 1.54) is 0 Å². The maximum atomic E-state index is 13.2. The van der Waals surface area contributed by atoms with Gasteiger partial charge in [0.2, 0.25) is 12.0 Å². The highest BCUT2D eigenvalue weighted by Gasteiger charge is 2.30. The van der Waals surface area contributed by atoms with Crippen LogP contribution in [0.15, 0.2) is 72.8 Å². The van der Waals surface area contributed by atoms with Crippen LogP contribution < -0.4 is 10.6 Å². The Labute approximate surface area is 193 Å². The molecular weight excluding hydrogens is 416 g/mol. The average Bonchev–Trinajstić information content (AvgIpc) is 3.66. The predicted molar refractivity (Wildman–Crippen MR) is 127 cm³/mol. The van der Waals surface area contributed by atoms with Crippen molar-refractivity contribution in [2.45, 2.75) is 32.8 Å². The van der Waals surface area contributed by atoms with E-state index in [1.54, 1.807) is 48.5 Å². The molecule has 1 aliphatic rings. The Hall–Kier alpha value is -3.93. The van der Waals surface area contributed by atoms with Crippen LogP contribution in [0, 0.1) is 19.8 Å². The normalized spacial score (nSPS) is 13.6. The van der Waals surface area contributed by atoms with Gasteiger partial charge in [-0.3, -0.25) is 9.59 Å². The van der Waals surface area contributed by atoms with Crippen LogP contribution in [0.2, 0.25) is 0 Å². The van der Waals surface area contributed by atoms with Gasteiger partial charge in [-0.15, -0.1) is 0 Å². The molecule has 6 nitrogen and oxygen atoms in total. The van der Waals surface area contributed by atoms with Gasteiger partial charge in [-0.05, 0) is 68.1 Å². The zero-order valence-electron chi connectivity index (χ0n) is 18.6. The molecule has 0 heterocycles. The monoisotopic (exact) mass is 442 g/mol. The van der Waals surface area contributed by atoms with Gasteiger partial charge < -0.3 is 15.4 Å². The lowest BCUT2D eigenvalue weighted by Gasteiger charge is -2.19. The molecular formula is C27H26N2O4. The van der Waals surface area contributed by atoms with Crippen LogP contribution in [0.25, 0.3) is 0 Å². The molecule has 0 spiro atoms. The van der Waals surface area contributed by atoms with Crippen molar-refractivity contribution < 1.29 is 19.1 Å². The number of rotatable bonds is 7. The Kier molecular flexibility index (Phi) is 6.54. The van der Waals surface area contributed by atoms with E-state index in [4.69, 9.17) is 4.74 Å². The Morgan fingerprint density at radius 3 is 2.24 bits per heavy atom. The molecule has 3 aromatic carbocycles. The lowest BCUT2D eigenvalue weighted by atomic mass is 10.1.